The first kappa shape index (κ1) is 24.2. The van der Waals surface area contributed by atoms with E-state index in [4.69, 9.17) is 9.97 Å². The third kappa shape index (κ3) is 3.93. The van der Waals surface area contributed by atoms with Crippen molar-refractivity contribution in [2.24, 2.45) is 0 Å². The Kier molecular flexibility index (Phi) is 5.40. The van der Waals surface area contributed by atoms with Gasteiger partial charge >= 0.3 is 0 Å². The molecule has 9 aromatic rings. The van der Waals surface area contributed by atoms with Crippen LogP contribution in [0, 0.1) is 0 Å². The van der Waals surface area contributed by atoms with Crippen LogP contribution in [0.25, 0.3) is 86.4 Å². The molecule has 0 saturated heterocycles. The Labute approximate surface area is 252 Å². The number of aromatic nitrogens is 2. The van der Waals surface area contributed by atoms with E-state index in [2.05, 4.69) is 140 Å². The lowest BCUT2D eigenvalue weighted by Crippen LogP contribution is -1.96. The molecule has 0 radical (unpaired) electrons. The highest BCUT2D eigenvalue weighted by Gasteiger charge is 2.15. The van der Waals surface area contributed by atoms with Crippen molar-refractivity contribution >= 4 is 63.8 Å². The van der Waals surface area contributed by atoms with Crippen LogP contribution in [0.15, 0.2) is 146 Å². The summed E-state index contributed by atoms with van der Waals surface area (Å²) in [5.41, 5.74) is 5.03. The van der Waals surface area contributed by atoms with Crippen LogP contribution in [-0.4, -0.2) is 9.97 Å². The van der Waals surface area contributed by atoms with Gasteiger partial charge in [0, 0.05) is 36.9 Å². The lowest BCUT2D eigenvalue weighted by Gasteiger charge is -2.13. The quantitative estimate of drug-likeness (QED) is 0.199. The first-order valence-corrected chi connectivity index (χ1v) is 15.3. The lowest BCUT2D eigenvalue weighted by molar-refractivity contribution is 1.19. The van der Waals surface area contributed by atoms with Gasteiger partial charge < -0.3 is 0 Å². The summed E-state index contributed by atoms with van der Waals surface area (Å²) in [6, 6.07) is 51.9. The van der Waals surface area contributed by atoms with Crippen molar-refractivity contribution in [3.05, 3.63) is 146 Å². The maximum atomic E-state index is 5.26. The first-order valence-electron chi connectivity index (χ1n) is 14.5. The van der Waals surface area contributed by atoms with Crippen molar-refractivity contribution in [1.29, 1.82) is 0 Å². The molecule has 0 unspecified atom stereocenters. The van der Waals surface area contributed by atoms with Gasteiger partial charge in [0.1, 0.15) is 0 Å². The van der Waals surface area contributed by atoms with Gasteiger partial charge in [-0.1, -0.05) is 121 Å². The Morgan fingerprint density at radius 1 is 0.395 bits per heavy atom. The van der Waals surface area contributed by atoms with E-state index in [1.807, 2.05) is 17.4 Å². The minimum atomic E-state index is 0.729. The smallest absolute Gasteiger partial charge is 0.160 e. The number of thiophene rings is 1. The van der Waals surface area contributed by atoms with Gasteiger partial charge in [0.2, 0.25) is 0 Å². The number of nitrogens with zero attached hydrogens (tertiary/aromatic N) is 2. The summed E-state index contributed by atoms with van der Waals surface area (Å²) in [7, 11) is 0. The van der Waals surface area contributed by atoms with Crippen molar-refractivity contribution in [3.63, 3.8) is 0 Å². The van der Waals surface area contributed by atoms with Crippen molar-refractivity contribution < 1.29 is 0 Å². The van der Waals surface area contributed by atoms with Crippen LogP contribution in [0.5, 0.6) is 0 Å². The second-order valence-electron chi connectivity index (χ2n) is 11.0. The van der Waals surface area contributed by atoms with Gasteiger partial charge in [0.15, 0.2) is 5.82 Å². The van der Waals surface area contributed by atoms with Gasteiger partial charge in [0.05, 0.1) is 11.4 Å². The fourth-order valence-electron chi connectivity index (χ4n) is 6.42. The van der Waals surface area contributed by atoms with E-state index in [9.17, 15) is 0 Å². The maximum Gasteiger partial charge on any atom is 0.160 e. The molecule has 0 fully saturated rings. The lowest BCUT2D eigenvalue weighted by atomic mass is 9.96. The van der Waals surface area contributed by atoms with Gasteiger partial charge in [-0.3, -0.25) is 0 Å². The average molecular weight is 565 g/mol. The van der Waals surface area contributed by atoms with Crippen molar-refractivity contribution in [2.75, 3.05) is 0 Å². The highest BCUT2D eigenvalue weighted by Crippen LogP contribution is 2.40. The number of fused-ring (bicyclic) bond motifs is 8. The zero-order valence-corrected chi connectivity index (χ0v) is 24.0. The highest BCUT2D eigenvalue weighted by molar-refractivity contribution is 7.26. The Bertz CT molecular complexity index is 2510. The summed E-state index contributed by atoms with van der Waals surface area (Å²) in [5, 5.41) is 9.97. The Hall–Kier alpha value is -5.38. The molecule has 0 spiro atoms. The third-order valence-electron chi connectivity index (χ3n) is 8.48. The van der Waals surface area contributed by atoms with Crippen LogP contribution < -0.4 is 0 Å². The van der Waals surface area contributed by atoms with Gasteiger partial charge in [-0.15, -0.1) is 11.3 Å². The molecule has 43 heavy (non-hydrogen) atoms. The van der Waals surface area contributed by atoms with Crippen molar-refractivity contribution in [1.82, 2.24) is 9.97 Å². The van der Waals surface area contributed by atoms with E-state index in [1.54, 1.807) is 0 Å². The minimum Gasteiger partial charge on any atom is -0.228 e. The molecule has 2 nitrogen and oxygen atoms in total. The van der Waals surface area contributed by atoms with Crippen LogP contribution in [0.4, 0.5) is 0 Å². The zero-order valence-electron chi connectivity index (χ0n) is 23.2. The molecule has 0 aliphatic heterocycles. The molecule has 2 aromatic heterocycles. The molecule has 0 N–H and O–H groups in total. The van der Waals surface area contributed by atoms with Crippen LogP contribution in [0.1, 0.15) is 0 Å². The molecule has 0 aliphatic rings. The molecule has 0 amide bonds. The largest absolute Gasteiger partial charge is 0.228 e. The SMILES string of the molecule is c1ccc(-c2cc(-c3cccc4c3ccc3ccccc34)nc(-c3ccc4ccc5sc6ccccc6c5c4c3)n2)cc1. The predicted molar refractivity (Wildman–Crippen MR) is 184 cm³/mol. The standard InChI is InChI=1S/C40H24N2S/c1-2-10-27(11-3-1)35-24-36(32-15-8-14-30-29-12-5-4-9-25(29)19-21-31(30)32)42-40(41-35)28-18-17-26-20-22-38-39(34(26)23-28)33-13-6-7-16-37(33)43-38/h1-24H. The summed E-state index contributed by atoms with van der Waals surface area (Å²) in [6.45, 7) is 0. The third-order valence-corrected chi connectivity index (χ3v) is 9.61. The molecule has 0 atom stereocenters. The summed E-state index contributed by atoms with van der Waals surface area (Å²) >= 11 is 1.85. The topological polar surface area (TPSA) is 25.8 Å². The summed E-state index contributed by atoms with van der Waals surface area (Å²) in [6.07, 6.45) is 0. The van der Waals surface area contributed by atoms with Gasteiger partial charge in [-0.05, 0) is 56.6 Å². The molecule has 3 heteroatoms. The maximum absolute atomic E-state index is 5.26. The van der Waals surface area contributed by atoms with E-state index in [0.29, 0.717) is 0 Å². The molecule has 7 aromatic carbocycles. The fraction of sp³-hybridized carbons (Fsp3) is 0. The summed E-state index contributed by atoms with van der Waals surface area (Å²) in [5.74, 6) is 0.729. The van der Waals surface area contributed by atoms with E-state index in [0.717, 1.165) is 33.9 Å². The zero-order chi connectivity index (χ0) is 28.3. The number of benzene rings is 7. The Morgan fingerprint density at radius 2 is 1.12 bits per heavy atom. The molecule has 9 rings (SSSR count). The summed E-state index contributed by atoms with van der Waals surface area (Å²) < 4.78 is 2.61. The van der Waals surface area contributed by atoms with Gasteiger partial charge in [0.25, 0.3) is 0 Å². The summed E-state index contributed by atoms with van der Waals surface area (Å²) in [4.78, 5) is 10.4. The molecule has 0 aliphatic carbocycles. The minimum absolute atomic E-state index is 0.729. The van der Waals surface area contributed by atoms with Crippen LogP contribution in [-0.2, 0) is 0 Å². The normalized spacial score (nSPS) is 11.7. The Balaban J connectivity index is 1.31. The number of rotatable bonds is 3. The van der Waals surface area contributed by atoms with E-state index >= 15 is 0 Å². The van der Waals surface area contributed by atoms with Crippen molar-refractivity contribution in [2.45, 2.75) is 0 Å². The second kappa shape index (κ2) is 9.59. The van der Waals surface area contributed by atoms with E-state index < -0.39 is 0 Å². The number of hydrogen-bond donors (Lipinski definition) is 0. The van der Waals surface area contributed by atoms with Gasteiger partial charge in [-0.2, -0.15) is 0 Å². The second-order valence-corrected chi connectivity index (χ2v) is 12.1. The van der Waals surface area contributed by atoms with E-state index in [1.165, 1.54) is 52.5 Å². The van der Waals surface area contributed by atoms with Gasteiger partial charge in [-0.25, -0.2) is 9.97 Å². The highest BCUT2D eigenvalue weighted by atomic mass is 32.1. The Morgan fingerprint density at radius 3 is 2.05 bits per heavy atom. The fourth-order valence-corrected chi connectivity index (χ4v) is 7.54. The molecular formula is C40H24N2S. The molecule has 200 valence electrons. The van der Waals surface area contributed by atoms with Crippen LogP contribution >= 0.6 is 11.3 Å². The first-order chi connectivity index (χ1) is 21.3. The van der Waals surface area contributed by atoms with E-state index in [-0.39, 0.29) is 0 Å². The van der Waals surface area contributed by atoms with Crippen LogP contribution in [0.3, 0.4) is 0 Å². The number of hydrogen-bond acceptors (Lipinski definition) is 3. The molecule has 2 heterocycles. The average Bonchev–Trinajstić information content (AvgIpc) is 3.47. The molecule has 0 bridgehead atoms. The predicted octanol–water partition coefficient (Wildman–Crippen LogP) is 11.3. The molecule has 0 saturated carbocycles. The monoisotopic (exact) mass is 564 g/mol. The van der Waals surface area contributed by atoms with Crippen LogP contribution in [0.2, 0.25) is 0 Å². The van der Waals surface area contributed by atoms with Crippen molar-refractivity contribution in [3.8, 4) is 33.9 Å². The molecular weight excluding hydrogens is 541 g/mol.